The van der Waals surface area contributed by atoms with Gasteiger partial charge in [-0.25, -0.2) is 0 Å². The SMILES string of the molecule is Cc1cccc(SC2CCN(CCC(F)(F)F)CC2)c1. The summed E-state index contributed by atoms with van der Waals surface area (Å²) >= 11 is 1.86. The summed E-state index contributed by atoms with van der Waals surface area (Å²) in [4.78, 5) is 3.19. The van der Waals surface area contributed by atoms with Crippen LogP contribution in [0.2, 0.25) is 0 Å². The van der Waals surface area contributed by atoms with Crippen molar-refractivity contribution in [1.82, 2.24) is 4.90 Å². The Morgan fingerprint density at radius 3 is 2.55 bits per heavy atom. The van der Waals surface area contributed by atoms with E-state index in [0.29, 0.717) is 5.25 Å². The van der Waals surface area contributed by atoms with E-state index in [1.807, 2.05) is 16.7 Å². The molecule has 112 valence electrons. The molecule has 1 aliphatic heterocycles. The van der Waals surface area contributed by atoms with E-state index in [-0.39, 0.29) is 6.54 Å². The summed E-state index contributed by atoms with van der Waals surface area (Å²) in [6, 6.07) is 8.40. The zero-order valence-corrected chi connectivity index (χ0v) is 12.4. The van der Waals surface area contributed by atoms with E-state index in [0.717, 1.165) is 25.9 Å². The lowest BCUT2D eigenvalue weighted by atomic mass is 10.1. The highest BCUT2D eigenvalue weighted by atomic mass is 32.2. The molecule has 5 heteroatoms. The number of aryl methyl sites for hydroxylation is 1. The van der Waals surface area contributed by atoms with E-state index in [4.69, 9.17) is 0 Å². The molecule has 0 bridgehead atoms. The molecule has 2 rings (SSSR count). The lowest BCUT2D eigenvalue weighted by Gasteiger charge is -2.31. The minimum atomic E-state index is -4.03. The first-order valence-electron chi connectivity index (χ1n) is 6.95. The normalized spacial score (nSPS) is 18.4. The zero-order chi connectivity index (χ0) is 14.6. The minimum absolute atomic E-state index is 0.144. The van der Waals surface area contributed by atoms with Gasteiger partial charge >= 0.3 is 6.18 Å². The lowest BCUT2D eigenvalue weighted by molar-refractivity contribution is -0.138. The van der Waals surface area contributed by atoms with Crippen LogP contribution in [0.4, 0.5) is 13.2 Å². The highest BCUT2D eigenvalue weighted by Crippen LogP contribution is 2.31. The molecule has 1 heterocycles. The standard InChI is InChI=1S/C15H20F3NS/c1-12-3-2-4-14(11-12)20-13-5-8-19(9-6-13)10-7-15(16,17)18/h2-4,11,13H,5-10H2,1H3. The molecule has 1 saturated heterocycles. The number of alkyl halides is 3. The van der Waals surface area contributed by atoms with Gasteiger partial charge in [0.1, 0.15) is 0 Å². The van der Waals surface area contributed by atoms with Crippen molar-refractivity contribution in [3.05, 3.63) is 29.8 Å². The van der Waals surface area contributed by atoms with Gasteiger partial charge in [0.25, 0.3) is 0 Å². The monoisotopic (exact) mass is 303 g/mol. The van der Waals surface area contributed by atoms with Crippen LogP contribution in [0.3, 0.4) is 0 Å². The van der Waals surface area contributed by atoms with E-state index in [1.54, 1.807) is 0 Å². The van der Waals surface area contributed by atoms with Gasteiger partial charge in [0, 0.05) is 16.7 Å². The van der Waals surface area contributed by atoms with Crippen molar-refractivity contribution in [3.8, 4) is 0 Å². The van der Waals surface area contributed by atoms with Crippen molar-refractivity contribution in [1.29, 1.82) is 0 Å². The fraction of sp³-hybridized carbons (Fsp3) is 0.600. The molecule has 0 N–H and O–H groups in total. The van der Waals surface area contributed by atoms with Crippen molar-refractivity contribution in [2.75, 3.05) is 19.6 Å². The number of thioether (sulfide) groups is 1. The molecule has 0 aromatic heterocycles. The van der Waals surface area contributed by atoms with Gasteiger partial charge in [-0.1, -0.05) is 17.7 Å². The van der Waals surface area contributed by atoms with Gasteiger partial charge in [0.2, 0.25) is 0 Å². The van der Waals surface area contributed by atoms with Crippen molar-refractivity contribution in [2.45, 2.75) is 42.5 Å². The van der Waals surface area contributed by atoms with Gasteiger partial charge in [0.15, 0.2) is 0 Å². The highest BCUT2D eigenvalue weighted by molar-refractivity contribution is 8.00. The molecule has 1 aromatic rings. The molecular weight excluding hydrogens is 283 g/mol. The first-order chi connectivity index (χ1) is 9.42. The van der Waals surface area contributed by atoms with E-state index in [1.165, 1.54) is 10.5 Å². The summed E-state index contributed by atoms with van der Waals surface area (Å²) in [6.45, 7) is 3.77. The summed E-state index contributed by atoms with van der Waals surface area (Å²) < 4.78 is 36.5. The van der Waals surface area contributed by atoms with E-state index < -0.39 is 12.6 Å². The topological polar surface area (TPSA) is 3.24 Å². The van der Waals surface area contributed by atoms with Gasteiger partial charge < -0.3 is 4.90 Å². The minimum Gasteiger partial charge on any atom is -0.303 e. The Kier molecular flexibility index (Phi) is 5.38. The van der Waals surface area contributed by atoms with E-state index >= 15 is 0 Å². The molecular formula is C15H20F3NS. The molecule has 0 radical (unpaired) electrons. The second-order valence-electron chi connectivity index (χ2n) is 5.34. The smallest absolute Gasteiger partial charge is 0.303 e. The van der Waals surface area contributed by atoms with Gasteiger partial charge in [-0.05, 0) is 45.0 Å². The number of benzene rings is 1. The first-order valence-corrected chi connectivity index (χ1v) is 7.83. The molecule has 0 saturated carbocycles. The molecule has 1 aliphatic rings. The maximum Gasteiger partial charge on any atom is 0.390 e. The second kappa shape index (κ2) is 6.85. The number of likely N-dealkylation sites (tertiary alicyclic amines) is 1. The molecule has 0 unspecified atom stereocenters. The van der Waals surface area contributed by atoms with Gasteiger partial charge in [-0.15, -0.1) is 11.8 Å². The van der Waals surface area contributed by atoms with E-state index in [9.17, 15) is 13.2 Å². The summed E-state index contributed by atoms with van der Waals surface area (Å²) in [7, 11) is 0. The fourth-order valence-electron chi connectivity index (χ4n) is 2.42. The number of hydrogen-bond donors (Lipinski definition) is 0. The molecule has 1 nitrogen and oxygen atoms in total. The number of halogens is 3. The molecule has 0 aliphatic carbocycles. The summed E-state index contributed by atoms with van der Waals surface area (Å²) in [6.07, 6.45) is -2.79. The predicted octanol–water partition coefficient (Wildman–Crippen LogP) is 4.50. The van der Waals surface area contributed by atoms with Gasteiger partial charge in [0.05, 0.1) is 6.42 Å². The van der Waals surface area contributed by atoms with Crippen LogP contribution in [0.1, 0.15) is 24.8 Å². The van der Waals surface area contributed by atoms with Crippen LogP contribution in [0.25, 0.3) is 0 Å². The maximum atomic E-state index is 12.2. The molecule has 1 aromatic carbocycles. The Morgan fingerprint density at radius 2 is 1.95 bits per heavy atom. The summed E-state index contributed by atoms with van der Waals surface area (Å²) in [5.41, 5.74) is 1.25. The fourth-order valence-corrected chi connectivity index (χ4v) is 3.66. The molecule has 0 atom stereocenters. The highest BCUT2D eigenvalue weighted by Gasteiger charge is 2.29. The lowest BCUT2D eigenvalue weighted by Crippen LogP contribution is -2.36. The van der Waals surface area contributed by atoms with Crippen LogP contribution >= 0.6 is 11.8 Å². The largest absolute Gasteiger partial charge is 0.390 e. The quantitative estimate of drug-likeness (QED) is 0.805. The van der Waals surface area contributed by atoms with Crippen LogP contribution in [-0.2, 0) is 0 Å². The van der Waals surface area contributed by atoms with Crippen molar-refractivity contribution in [3.63, 3.8) is 0 Å². The van der Waals surface area contributed by atoms with Gasteiger partial charge in [-0.3, -0.25) is 0 Å². The average Bonchev–Trinajstić information content (AvgIpc) is 2.37. The van der Waals surface area contributed by atoms with Crippen LogP contribution < -0.4 is 0 Å². The third-order valence-electron chi connectivity index (χ3n) is 3.54. The van der Waals surface area contributed by atoms with Crippen molar-refractivity contribution < 1.29 is 13.2 Å². The third kappa shape index (κ3) is 5.37. The number of hydrogen-bond acceptors (Lipinski definition) is 2. The second-order valence-corrected chi connectivity index (χ2v) is 6.71. The number of piperidine rings is 1. The molecule has 20 heavy (non-hydrogen) atoms. The van der Waals surface area contributed by atoms with E-state index in [2.05, 4.69) is 31.2 Å². The first kappa shape index (κ1) is 15.7. The Hall–Kier alpha value is -0.680. The third-order valence-corrected chi connectivity index (χ3v) is 4.87. The van der Waals surface area contributed by atoms with Crippen LogP contribution in [0.15, 0.2) is 29.2 Å². The van der Waals surface area contributed by atoms with Gasteiger partial charge in [-0.2, -0.15) is 13.2 Å². The van der Waals surface area contributed by atoms with Crippen molar-refractivity contribution >= 4 is 11.8 Å². The zero-order valence-electron chi connectivity index (χ0n) is 11.6. The number of nitrogens with zero attached hydrogens (tertiary/aromatic N) is 1. The number of rotatable bonds is 4. The van der Waals surface area contributed by atoms with Crippen LogP contribution in [0.5, 0.6) is 0 Å². The predicted molar refractivity (Wildman–Crippen MR) is 77.2 cm³/mol. The molecule has 1 fully saturated rings. The molecule has 0 spiro atoms. The summed E-state index contributed by atoms with van der Waals surface area (Å²) in [5.74, 6) is 0. The Balaban J connectivity index is 1.74. The Morgan fingerprint density at radius 1 is 1.25 bits per heavy atom. The maximum absolute atomic E-state index is 12.2. The summed E-state index contributed by atoms with van der Waals surface area (Å²) in [5, 5.41) is 0.527. The Labute approximate surface area is 122 Å². The Bertz CT molecular complexity index is 425. The van der Waals surface area contributed by atoms with Crippen LogP contribution in [-0.4, -0.2) is 36.0 Å². The average molecular weight is 303 g/mol. The van der Waals surface area contributed by atoms with Crippen LogP contribution in [0, 0.1) is 6.92 Å². The molecule has 0 amide bonds. The van der Waals surface area contributed by atoms with Crippen molar-refractivity contribution in [2.24, 2.45) is 0 Å².